The van der Waals surface area contributed by atoms with Crippen LogP contribution in [-0.2, 0) is 6.42 Å². The molecule has 8 heteroatoms. The van der Waals surface area contributed by atoms with Crippen LogP contribution in [0.4, 0.5) is 17.6 Å². The van der Waals surface area contributed by atoms with Gasteiger partial charge in [-0.05, 0) is 48.2 Å². The van der Waals surface area contributed by atoms with Crippen LogP contribution in [0.1, 0.15) is 23.6 Å². The molecule has 0 fully saturated rings. The predicted octanol–water partition coefficient (Wildman–Crippen LogP) is 6.08. The highest BCUT2D eigenvalue weighted by molar-refractivity contribution is 9.11. The Hall–Kier alpha value is -1.12. The molecule has 0 amide bonds. The number of rotatable bonds is 7. The van der Waals surface area contributed by atoms with E-state index in [-0.39, 0.29) is 11.8 Å². The third-order valence-electron chi connectivity index (χ3n) is 3.58. The molecule has 1 unspecified atom stereocenters. The summed E-state index contributed by atoms with van der Waals surface area (Å²) in [6.07, 6.45) is -7.09. The van der Waals surface area contributed by atoms with Gasteiger partial charge in [0, 0.05) is 15.0 Å². The lowest BCUT2D eigenvalue weighted by molar-refractivity contribution is -0.253. The first kappa shape index (κ1) is 20.2. The highest BCUT2D eigenvalue weighted by Crippen LogP contribution is 2.30. The van der Waals surface area contributed by atoms with Crippen LogP contribution in [0.3, 0.4) is 0 Å². The molecule has 2 N–H and O–H groups in total. The average Bonchev–Trinajstić information content (AvgIpc) is 2.54. The number of hydrogen-bond acceptors (Lipinski definition) is 2. The first-order valence-electron chi connectivity index (χ1n) is 7.34. The fourth-order valence-electron chi connectivity index (χ4n) is 2.22. The van der Waals surface area contributed by atoms with Crippen LogP contribution < -0.4 is 10.5 Å². The predicted molar refractivity (Wildman–Crippen MR) is 95.1 cm³/mol. The fraction of sp³-hybridized carbons (Fsp3) is 0.294. The topological polar surface area (TPSA) is 35.2 Å². The minimum Gasteiger partial charge on any atom is -0.428 e. The summed E-state index contributed by atoms with van der Waals surface area (Å²) in [5, 5.41) is 0. The number of benzene rings is 2. The molecule has 0 aliphatic carbocycles. The molecule has 136 valence electrons. The van der Waals surface area contributed by atoms with E-state index in [1.807, 2.05) is 18.2 Å². The van der Waals surface area contributed by atoms with Crippen molar-refractivity contribution in [2.24, 2.45) is 5.73 Å². The van der Waals surface area contributed by atoms with Crippen molar-refractivity contribution >= 4 is 31.9 Å². The summed E-state index contributed by atoms with van der Waals surface area (Å²) < 4.78 is 56.0. The van der Waals surface area contributed by atoms with Crippen LogP contribution in [-0.4, -0.2) is 12.5 Å². The van der Waals surface area contributed by atoms with Gasteiger partial charge in [0.25, 0.3) is 0 Å². The van der Waals surface area contributed by atoms with E-state index in [0.29, 0.717) is 18.4 Å². The van der Waals surface area contributed by atoms with Gasteiger partial charge in [0.1, 0.15) is 5.75 Å². The van der Waals surface area contributed by atoms with E-state index in [1.54, 1.807) is 0 Å². The molecule has 2 rings (SSSR count). The Bertz CT molecular complexity index is 690. The van der Waals surface area contributed by atoms with Gasteiger partial charge in [-0.25, -0.2) is 0 Å². The Morgan fingerprint density at radius 2 is 1.56 bits per heavy atom. The van der Waals surface area contributed by atoms with Crippen LogP contribution in [0.2, 0.25) is 0 Å². The maximum absolute atomic E-state index is 12.9. The lowest BCUT2D eigenvalue weighted by atomic mass is 10.00. The second kappa shape index (κ2) is 8.51. The number of hydrogen-bond donors (Lipinski definition) is 1. The molecular formula is C17H15Br2F4NO. The van der Waals surface area contributed by atoms with E-state index in [4.69, 9.17) is 5.73 Å². The summed E-state index contributed by atoms with van der Waals surface area (Å²) in [5.41, 5.74) is 7.91. The molecule has 2 aromatic carbocycles. The van der Waals surface area contributed by atoms with E-state index < -0.39 is 12.5 Å². The number of ether oxygens (including phenoxy) is 1. The Morgan fingerprint density at radius 3 is 2.08 bits per heavy atom. The van der Waals surface area contributed by atoms with Crippen molar-refractivity contribution in [3.05, 3.63) is 62.5 Å². The molecular weight excluding hydrogens is 470 g/mol. The SMILES string of the molecule is NC(CCc1c(Br)cccc1Br)c1ccc(OC(F)(F)C(F)F)cc1. The molecule has 0 heterocycles. The molecule has 2 nitrogen and oxygen atoms in total. The van der Waals surface area contributed by atoms with E-state index in [1.165, 1.54) is 24.3 Å². The van der Waals surface area contributed by atoms with Gasteiger partial charge >= 0.3 is 12.5 Å². The normalized spacial score (nSPS) is 13.1. The Morgan fingerprint density at radius 1 is 1.00 bits per heavy atom. The zero-order chi connectivity index (χ0) is 18.6. The Labute approximate surface area is 159 Å². The summed E-state index contributed by atoms with van der Waals surface area (Å²) >= 11 is 6.97. The molecule has 0 spiro atoms. The highest BCUT2D eigenvalue weighted by Gasteiger charge is 2.43. The number of nitrogens with two attached hydrogens (primary N) is 1. The van der Waals surface area contributed by atoms with Crippen molar-refractivity contribution in [2.45, 2.75) is 31.4 Å². The van der Waals surface area contributed by atoms with Gasteiger partial charge in [0.15, 0.2) is 0 Å². The summed E-state index contributed by atoms with van der Waals surface area (Å²) in [6.45, 7) is 0. The van der Waals surface area contributed by atoms with Crippen LogP contribution in [0, 0.1) is 0 Å². The van der Waals surface area contributed by atoms with Crippen molar-refractivity contribution in [1.82, 2.24) is 0 Å². The minimum atomic E-state index is -4.52. The molecule has 0 saturated heterocycles. The molecule has 0 aliphatic heterocycles. The first-order valence-corrected chi connectivity index (χ1v) is 8.92. The van der Waals surface area contributed by atoms with E-state index in [2.05, 4.69) is 36.6 Å². The molecule has 1 atom stereocenters. The molecule has 0 radical (unpaired) electrons. The van der Waals surface area contributed by atoms with Gasteiger partial charge in [0.2, 0.25) is 0 Å². The van der Waals surface area contributed by atoms with Gasteiger partial charge < -0.3 is 10.5 Å². The zero-order valence-corrected chi connectivity index (χ0v) is 16.0. The van der Waals surface area contributed by atoms with Crippen molar-refractivity contribution in [1.29, 1.82) is 0 Å². The third-order valence-corrected chi connectivity index (χ3v) is 5.07. The van der Waals surface area contributed by atoms with Crippen molar-refractivity contribution < 1.29 is 22.3 Å². The van der Waals surface area contributed by atoms with Crippen LogP contribution in [0.15, 0.2) is 51.4 Å². The van der Waals surface area contributed by atoms with Crippen LogP contribution in [0.25, 0.3) is 0 Å². The molecule has 0 aromatic heterocycles. The molecule has 2 aromatic rings. The van der Waals surface area contributed by atoms with Gasteiger partial charge in [-0.1, -0.05) is 50.1 Å². The van der Waals surface area contributed by atoms with E-state index in [0.717, 1.165) is 14.5 Å². The summed E-state index contributed by atoms with van der Waals surface area (Å²) in [5.74, 6) is -0.338. The lowest BCUT2D eigenvalue weighted by Gasteiger charge is -2.18. The smallest absolute Gasteiger partial charge is 0.428 e. The Balaban J connectivity index is 2.00. The third kappa shape index (κ3) is 5.43. The standard InChI is InChI=1S/C17H15Br2F4NO/c18-13-2-1-3-14(19)12(13)8-9-15(24)10-4-6-11(7-5-10)25-17(22,23)16(20)21/h1-7,15-16H,8-9,24H2. The highest BCUT2D eigenvalue weighted by atomic mass is 79.9. The first-order chi connectivity index (χ1) is 11.7. The van der Waals surface area contributed by atoms with Crippen molar-refractivity contribution in [2.75, 3.05) is 0 Å². The fourth-order valence-corrected chi connectivity index (χ4v) is 3.62. The van der Waals surface area contributed by atoms with Crippen LogP contribution >= 0.6 is 31.9 Å². The monoisotopic (exact) mass is 483 g/mol. The van der Waals surface area contributed by atoms with Gasteiger partial charge in [0.05, 0.1) is 0 Å². The summed E-state index contributed by atoms with van der Waals surface area (Å²) in [4.78, 5) is 0. The Kier molecular flexibility index (Phi) is 6.87. The molecule has 0 aliphatic rings. The lowest BCUT2D eigenvalue weighted by Crippen LogP contribution is -2.33. The number of halogens is 6. The van der Waals surface area contributed by atoms with Crippen LogP contribution in [0.5, 0.6) is 5.75 Å². The van der Waals surface area contributed by atoms with Gasteiger partial charge in [-0.2, -0.15) is 17.6 Å². The van der Waals surface area contributed by atoms with E-state index >= 15 is 0 Å². The second-order valence-corrected chi connectivity index (χ2v) is 7.09. The largest absolute Gasteiger partial charge is 0.461 e. The summed E-state index contributed by atoms with van der Waals surface area (Å²) in [7, 11) is 0. The maximum Gasteiger partial charge on any atom is 0.461 e. The second-order valence-electron chi connectivity index (χ2n) is 5.38. The zero-order valence-electron chi connectivity index (χ0n) is 12.9. The minimum absolute atomic E-state index is 0.330. The van der Waals surface area contributed by atoms with Crippen molar-refractivity contribution in [3.63, 3.8) is 0 Å². The molecule has 0 bridgehead atoms. The average molecular weight is 485 g/mol. The van der Waals surface area contributed by atoms with Gasteiger partial charge in [-0.3, -0.25) is 0 Å². The molecule has 0 saturated carbocycles. The number of alkyl halides is 4. The maximum atomic E-state index is 12.9. The van der Waals surface area contributed by atoms with Crippen molar-refractivity contribution in [3.8, 4) is 5.75 Å². The quantitative estimate of drug-likeness (QED) is 0.483. The molecule has 25 heavy (non-hydrogen) atoms. The van der Waals surface area contributed by atoms with E-state index in [9.17, 15) is 17.6 Å². The summed E-state index contributed by atoms with van der Waals surface area (Å²) in [6, 6.07) is 10.9. The van der Waals surface area contributed by atoms with Gasteiger partial charge in [-0.15, -0.1) is 0 Å².